The highest BCUT2D eigenvalue weighted by molar-refractivity contribution is 14.1. The van der Waals surface area contributed by atoms with Crippen LogP contribution < -0.4 is 4.74 Å². The summed E-state index contributed by atoms with van der Waals surface area (Å²) in [7, 11) is 0. The molecule has 0 heterocycles. The van der Waals surface area contributed by atoms with E-state index in [0.717, 1.165) is 18.8 Å². The number of halogens is 1. The summed E-state index contributed by atoms with van der Waals surface area (Å²) in [4.78, 5) is 0. The van der Waals surface area contributed by atoms with Gasteiger partial charge in [-0.05, 0) is 47.8 Å². The summed E-state index contributed by atoms with van der Waals surface area (Å²) in [5.74, 6) is 0.930. The minimum absolute atomic E-state index is 0.591. The van der Waals surface area contributed by atoms with Gasteiger partial charge in [0.2, 0.25) is 0 Å². The van der Waals surface area contributed by atoms with E-state index in [1.54, 1.807) is 0 Å². The second-order valence-electron chi connectivity index (χ2n) is 7.69. The maximum Gasteiger partial charge on any atom is 0.119 e. The maximum atomic E-state index is 5.76. The van der Waals surface area contributed by atoms with Gasteiger partial charge in [0, 0.05) is 6.61 Å². The van der Waals surface area contributed by atoms with Gasteiger partial charge in [-0.25, -0.2) is 0 Å². The lowest BCUT2D eigenvalue weighted by molar-refractivity contribution is 0.0352. The van der Waals surface area contributed by atoms with Crippen molar-refractivity contribution in [3.63, 3.8) is 0 Å². The molecule has 0 aliphatic heterocycles. The second-order valence-corrected chi connectivity index (χ2v) is 8.77. The number of aryl methyl sites for hydroxylation is 1. The number of unbranched alkanes of at least 4 members (excludes halogenated alkanes) is 9. The van der Waals surface area contributed by atoms with Crippen molar-refractivity contribution in [3.05, 3.63) is 29.8 Å². The Morgan fingerprint density at radius 1 is 0.621 bits per heavy atom. The third kappa shape index (κ3) is 17.1. The Hall–Kier alpha value is -0.330. The lowest BCUT2D eigenvalue weighted by Crippen LogP contribution is -2.11. The quantitative estimate of drug-likeness (QED) is 0.0965. The minimum atomic E-state index is 0.591. The molecule has 0 N–H and O–H groups in total. The molecule has 0 aliphatic rings. The van der Waals surface area contributed by atoms with Crippen LogP contribution in [0.2, 0.25) is 0 Å². The van der Waals surface area contributed by atoms with Crippen LogP contribution in [0.25, 0.3) is 0 Å². The normalized spacial score (nSPS) is 11.1. The van der Waals surface area contributed by atoms with Crippen LogP contribution >= 0.6 is 22.6 Å². The standard InChI is InChI=1S/C25H43IO3/c1-2-3-4-5-6-7-10-13-24-14-16-25(17-15-24)29-23-22-28-21-20-27-19-12-9-8-11-18-26/h14-17H,2-13,18-23H2,1H3. The molecule has 0 atom stereocenters. The topological polar surface area (TPSA) is 27.7 Å². The molecule has 0 amide bonds. The molecule has 0 spiro atoms. The Labute approximate surface area is 193 Å². The monoisotopic (exact) mass is 518 g/mol. The molecule has 3 nitrogen and oxygen atoms in total. The lowest BCUT2D eigenvalue weighted by atomic mass is 10.0. The summed E-state index contributed by atoms with van der Waals surface area (Å²) >= 11 is 2.43. The van der Waals surface area contributed by atoms with Gasteiger partial charge in [0.05, 0.1) is 19.8 Å². The smallest absolute Gasteiger partial charge is 0.119 e. The van der Waals surface area contributed by atoms with Crippen molar-refractivity contribution >= 4 is 22.6 Å². The number of hydrogen-bond acceptors (Lipinski definition) is 3. The van der Waals surface area contributed by atoms with E-state index in [9.17, 15) is 0 Å². The summed E-state index contributed by atoms with van der Waals surface area (Å²) in [5.41, 5.74) is 1.41. The van der Waals surface area contributed by atoms with E-state index in [0.29, 0.717) is 26.4 Å². The van der Waals surface area contributed by atoms with E-state index in [1.165, 1.54) is 80.6 Å². The Morgan fingerprint density at radius 3 is 1.93 bits per heavy atom. The first-order chi connectivity index (χ1) is 14.4. The molecule has 0 aliphatic carbocycles. The summed E-state index contributed by atoms with van der Waals surface area (Å²) in [6.07, 6.45) is 15.8. The van der Waals surface area contributed by atoms with E-state index < -0.39 is 0 Å². The molecule has 168 valence electrons. The molecule has 1 aromatic rings. The van der Waals surface area contributed by atoms with Gasteiger partial charge in [0.25, 0.3) is 0 Å². The van der Waals surface area contributed by atoms with E-state index in [1.807, 2.05) is 0 Å². The molecule has 0 fully saturated rings. The first-order valence-electron chi connectivity index (χ1n) is 11.8. The van der Waals surface area contributed by atoms with Crippen LogP contribution in [-0.4, -0.2) is 37.5 Å². The largest absolute Gasteiger partial charge is 0.491 e. The summed E-state index contributed by atoms with van der Waals surface area (Å²) in [5, 5.41) is 0. The van der Waals surface area contributed by atoms with Crippen LogP contribution in [0.4, 0.5) is 0 Å². The molecular weight excluding hydrogens is 475 g/mol. The molecule has 1 rings (SSSR count). The molecule has 1 aromatic carbocycles. The summed E-state index contributed by atoms with van der Waals surface area (Å²) < 4.78 is 18.2. The first-order valence-corrected chi connectivity index (χ1v) is 13.3. The van der Waals surface area contributed by atoms with E-state index >= 15 is 0 Å². The molecule has 0 radical (unpaired) electrons. The maximum absolute atomic E-state index is 5.76. The van der Waals surface area contributed by atoms with E-state index in [-0.39, 0.29) is 0 Å². The lowest BCUT2D eigenvalue weighted by Gasteiger charge is -2.09. The van der Waals surface area contributed by atoms with Crippen LogP contribution in [0, 0.1) is 0 Å². The summed E-state index contributed by atoms with van der Waals surface area (Å²) in [6.45, 7) is 5.65. The Morgan fingerprint density at radius 2 is 1.21 bits per heavy atom. The van der Waals surface area contributed by atoms with Crippen LogP contribution in [0.15, 0.2) is 24.3 Å². The van der Waals surface area contributed by atoms with Gasteiger partial charge in [-0.2, -0.15) is 0 Å². The fraction of sp³-hybridized carbons (Fsp3) is 0.760. The van der Waals surface area contributed by atoms with E-state index in [4.69, 9.17) is 14.2 Å². The van der Waals surface area contributed by atoms with Gasteiger partial charge in [0.1, 0.15) is 12.4 Å². The number of ether oxygens (including phenoxy) is 3. The molecule has 0 bridgehead atoms. The van der Waals surface area contributed by atoms with Crippen LogP contribution in [0.3, 0.4) is 0 Å². The van der Waals surface area contributed by atoms with Crippen molar-refractivity contribution in [1.82, 2.24) is 0 Å². The molecule has 4 heteroatoms. The highest BCUT2D eigenvalue weighted by Gasteiger charge is 1.98. The van der Waals surface area contributed by atoms with Crippen molar-refractivity contribution in [2.24, 2.45) is 0 Å². The molecule has 0 saturated heterocycles. The third-order valence-corrected chi connectivity index (χ3v) is 5.80. The van der Waals surface area contributed by atoms with Gasteiger partial charge in [0.15, 0.2) is 0 Å². The van der Waals surface area contributed by atoms with Crippen molar-refractivity contribution in [1.29, 1.82) is 0 Å². The van der Waals surface area contributed by atoms with Crippen LogP contribution in [0.1, 0.15) is 83.1 Å². The van der Waals surface area contributed by atoms with Gasteiger partial charge < -0.3 is 14.2 Å². The highest BCUT2D eigenvalue weighted by Crippen LogP contribution is 2.15. The molecule has 0 unspecified atom stereocenters. The Bertz CT molecular complexity index is 450. The number of benzene rings is 1. The predicted octanol–water partition coefficient (Wildman–Crippen LogP) is 7.39. The molecule has 0 aromatic heterocycles. The predicted molar refractivity (Wildman–Crippen MR) is 133 cm³/mol. The molecule has 29 heavy (non-hydrogen) atoms. The minimum Gasteiger partial charge on any atom is -0.491 e. The average Bonchev–Trinajstić information content (AvgIpc) is 2.75. The fourth-order valence-electron chi connectivity index (χ4n) is 3.23. The SMILES string of the molecule is CCCCCCCCCc1ccc(OCCOCCOCCCCCCI)cc1. The Kier molecular flexibility index (Phi) is 19.3. The van der Waals surface area contributed by atoms with Gasteiger partial charge in [-0.1, -0.05) is 93.0 Å². The fourth-order valence-corrected chi connectivity index (χ4v) is 3.77. The average molecular weight is 519 g/mol. The van der Waals surface area contributed by atoms with Gasteiger partial charge >= 0.3 is 0 Å². The highest BCUT2D eigenvalue weighted by atomic mass is 127. The first kappa shape index (κ1) is 26.7. The number of rotatable bonds is 21. The van der Waals surface area contributed by atoms with Crippen molar-refractivity contribution in [2.45, 2.75) is 84.0 Å². The zero-order valence-corrected chi connectivity index (χ0v) is 20.8. The second kappa shape index (κ2) is 20.9. The van der Waals surface area contributed by atoms with Crippen LogP contribution in [0.5, 0.6) is 5.75 Å². The van der Waals surface area contributed by atoms with Crippen molar-refractivity contribution < 1.29 is 14.2 Å². The van der Waals surface area contributed by atoms with Crippen molar-refractivity contribution in [2.75, 3.05) is 37.5 Å². The zero-order chi connectivity index (χ0) is 20.8. The van der Waals surface area contributed by atoms with Gasteiger partial charge in [-0.3, -0.25) is 0 Å². The van der Waals surface area contributed by atoms with E-state index in [2.05, 4.69) is 53.8 Å². The van der Waals surface area contributed by atoms with Gasteiger partial charge in [-0.15, -0.1) is 0 Å². The third-order valence-electron chi connectivity index (χ3n) is 5.03. The van der Waals surface area contributed by atoms with Crippen molar-refractivity contribution in [3.8, 4) is 5.75 Å². The molecular formula is C25H43IO3. The molecule has 0 saturated carbocycles. The number of hydrogen-bond donors (Lipinski definition) is 0. The zero-order valence-electron chi connectivity index (χ0n) is 18.6. The summed E-state index contributed by atoms with van der Waals surface area (Å²) in [6, 6.07) is 8.55. The Balaban J connectivity index is 1.91. The van der Waals surface area contributed by atoms with Crippen LogP contribution in [-0.2, 0) is 15.9 Å². The number of alkyl halides is 1.